The zero-order valence-electron chi connectivity index (χ0n) is 12.3. The molecular weight excluding hydrogens is 363 g/mol. The number of fused-ring (bicyclic) bond motifs is 1. The minimum Gasteiger partial charge on any atom is -0.462 e. The summed E-state index contributed by atoms with van der Waals surface area (Å²) < 4.78 is 21.6. The van der Waals surface area contributed by atoms with Crippen LogP contribution in [0.4, 0.5) is 10.1 Å². The fraction of sp³-hybridized carbons (Fsp3) is 0.118. The number of esters is 1. The summed E-state index contributed by atoms with van der Waals surface area (Å²) in [6.07, 6.45) is 1.76. The minimum absolute atomic E-state index is 0.161. The molecule has 1 heterocycles. The maximum atomic E-state index is 14.5. The quantitative estimate of drug-likeness (QED) is 0.547. The second-order valence-corrected chi connectivity index (χ2v) is 5.86. The highest BCUT2D eigenvalue weighted by molar-refractivity contribution is 9.10. The summed E-state index contributed by atoms with van der Waals surface area (Å²) in [5, 5.41) is 0.912. The van der Waals surface area contributed by atoms with Crippen LogP contribution >= 0.6 is 15.9 Å². The smallest absolute Gasteiger partial charge is 0.339 e. The first-order chi connectivity index (χ1) is 11.0. The normalized spacial score (nSPS) is 10.9. The van der Waals surface area contributed by atoms with Crippen molar-refractivity contribution >= 4 is 38.5 Å². The van der Waals surface area contributed by atoms with E-state index in [0.717, 1.165) is 10.9 Å². The van der Waals surface area contributed by atoms with Crippen molar-refractivity contribution in [1.29, 1.82) is 0 Å². The number of ether oxygens (including phenoxy) is 1. The Bertz CT molecular complexity index is 905. The number of benzene rings is 2. The van der Waals surface area contributed by atoms with Crippen LogP contribution in [0.15, 0.2) is 47.1 Å². The number of aromatic nitrogens is 1. The van der Waals surface area contributed by atoms with Gasteiger partial charge in [0.25, 0.3) is 0 Å². The maximum absolute atomic E-state index is 14.5. The number of nitrogens with zero attached hydrogens (tertiary/aromatic N) is 1. The molecule has 0 spiro atoms. The third-order valence-electron chi connectivity index (χ3n) is 3.51. The highest BCUT2D eigenvalue weighted by atomic mass is 79.9. The molecule has 0 fully saturated rings. The van der Waals surface area contributed by atoms with Gasteiger partial charge in [-0.15, -0.1) is 0 Å². The van der Waals surface area contributed by atoms with Crippen LogP contribution < -0.4 is 5.73 Å². The minimum atomic E-state index is -0.560. The molecule has 1 aromatic heterocycles. The zero-order chi connectivity index (χ0) is 16.6. The van der Waals surface area contributed by atoms with Gasteiger partial charge in [0.05, 0.1) is 23.4 Å². The second kappa shape index (κ2) is 6.04. The van der Waals surface area contributed by atoms with E-state index in [1.165, 1.54) is 6.07 Å². The molecular formula is C17H14BrFN2O2. The Balaban J connectivity index is 2.12. The Morgan fingerprint density at radius 1 is 1.30 bits per heavy atom. The average molecular weight is 377 g/mol. The Hall–Kier alpha value is -2.34. The van der Waals surface area contributed by atoms with E-state index in [1.54, 1.807) is 29.8 Å². The molecule has 6 heteroatoms. The number of carbonyl (C=O) groups is 1. The molecule has 0 aliphatic carbocycles. The Kier molecular flexibility index (Phi) is 4.09. The summed E-state index contributed by atoms with van der Waals surface area (Å²) in [5.74, 6) is -1.07. The number of hydrogen-bond donors (Lipinski definition) is 1. The van der Waals surface area contributed by atoms with Gasteiger partial charge in [-0.25, -0.2) is 9.18 Å². The molecule has 4 nitrogen and oxygen atoms in total. The van der Waals surface area contributed by atoms with E-state index in [-0.39, 0.29) is 12.2 Å². The number of hydrogen-bond acceptors (Lipinski definition) is 3. The lowest BCUT2D eigenvalue weighted by Crippen LogP contribution is -2.07. The lowest BCUT2D eigenvalue weighted by molar-refractivity contribution is 0.0524. The predicted octanol–water partition coefficient (Wildman–Crippen LogP) is 4.29. The van der Waals surface area contributed by atoms with Crippen LogP contribution in [0.25, 0.3) is 16.6 Å². The lowest BCUT2D eigenvalue weighted by Gasteiger charge is -2.11. The summed E-state index contributed by atoms with van der Waals surface area (Å²) in [5.41, 5.74) is 7.74. The first kappa shape index (κ1) is 15.6. The predicted molar refractivity (Wildman–Crippen MR) is 91.3 cm³/mol. The summed E-state index contributed by atoms with van der Waals surface area (Å²) >= 11 is 3.31. The molecule has 3 rings (SSSR count). The fourth-order valence-electron chi connectivity index (χ4n) is 2.46. The third-order valence-corrected chi connectivity index (χ3v) is 4.16. The van der Waals surface area contributed by atoms with Gasteiger partial charge in [-0.05, 0) is 59.3 Å². The van der Waals surface area contributed by atoms with Crippen LogP contribution in [0.3, 0.4) is 0 Å². The van der Waals surface area contributed by atoms with Crippen molar-refractivity contribution in [2.24, 2.45) is 0 Å². The summed E-state index contributed by atoms with van der Waals surface area (Å²) in [4.78, 5) is 11.8. The largest absolute Gasteiger partial charge is 0.462 e. The van der Waals surface area contributed by atoms with Gasteiger partial charge >= 0.3 is 5.97 Å². The standard InChI is InChI=1S/C17H14BrFN2O2/c1-2-23-17(22)12-8-14(19)16(9-13(12)18)21-6-5-10-7-11(20)3-4-15(10)21/h3-9H,2,20H2,1H3. The van der Waals surface area contributed by atoms with Crippen LogP contribution in [0.5, 0.6) is 0 Å². The Morgan fingerprint density at radius 2 is 2.09 bits per heavy atom. The summed E-state index contributed by atoms with van der Waals surface area (Å²) in [6.45, 7) is 1.94. The van der Waals surface area contributed by atoms with Crippen molar-refractivity contribution in [3.8, 4) is 5.69 Å². The number of nitrogens with two attached hydrogens (primary N) is 1. The highest BCUT2D eigenvalue weighted by Gasteiger charge is 2.17. The van der Waals surface area contributed by atoms with Crippen molar-refractivity contribution in [3.05, 3.63) is 58.4 Å². The van der Waals surface area contributed by atoms with Crippen LogP contribution in [-0.2, 0) is 4.74 Å². The van der Waals surface area contributed by atoms with Crippen LogP contribution in [0, 0.1) is 5.82 Å². The number of anilines is 1. The lowest BCUT2D eigenvalue weighted by atomic mass is 10.2. The van der Waals surface area contributed by atoms with Crippen molar-refractivity contribution in [2.75, 3.05) is 12.3 Å². The summed E-state index contributed by atoms with van der Waals surface area (Å²) in [6, 6.07) is 10.0. The first-order valence-electron chi connectivity index (χ1n) is 7.04. The van der Waals surface area contributed by atoms with E-state index in [9.17, 15) is 9.18 Å². The topological polar surface area (TPSA) is 57.2 Å². The van der Waals surface area contributed by atoms with Crippen molar-refractivity contribution in [1.82, 2.24) is 4.57 Å². The van der Waals surface area contributed by atoms with Gasteiger partial charge in [0.15, 0.2) is 0 Å². The third kappa shape index (κ3) is 2.82. The maximum Gasteiger partial charge on any atom is 0.339 e. The fourth-order valence-corrected chi connectivity index (χ4v) is 2.95. The molecule has 0 aliphatic rings. The van der Waals surface area contributed by atoms with Gasteiger partial charge in [0.1, 0.15) is 5.82 Å². The zero-order valence-corrected chi connectivity index (χ0v) is 13.9. The van der Waals surface area contributed by atoms with Gasteiger partial charge in [0.2, 0.25) is 0 Å². The molecule has 0 saturated carbocycles. The van der Waals surface area contributed by atoms with E-state index in [2.05, 4.69) is 15.9 Å². The van der Waals surface area contributed by atoms with E-state index < -0.39 is 11.8 Å². The Morgan fingerprint density at radius 3 is 2.83 bits per heavy atom. The van der Waals surface area contributed by atoms with Crippen molar-refractivity contribution in [3.63, 3.8) is 0 Å². The van der Waals surface area contributed by atoms with Gasteiger partial charge in [-0.2, -0.15) is 0 Å². The summed E-state index contributed by atoms with van der Waals surface area (Å²) in [7, 11) is 0. The van der Waals surface area contributed by atoms with E-state index in [1.807, 2.05) is 18.2 Å². The molecule has 23 heavy (non-hydrogen) atoms. The molecule has 0 unspecified atom stereocenters. The monoisotopic (exact) mass is 376 g/mol. The number of rotatable bonds is 3. The second-order valence-electron chi connectivity index (χ2n) is 5.01. The molecule has 3 aromatic rings. The van der Waals surface area contributed by atoms with Crippen LogP contribution in [0.1, 0.15) is 17.3 Å². The number of nitrogen functional groups attached to an aromatic ring is 1. The van der Waals surface area contributed by atoms with Gasteiger partial charge in [0, 0.05) is 21.7 Å². The van der Waals surface area contributed by atoms with E-state index in [0.29, 0.717) is 15.8 Å². The van der Waals surface area contributed by atoms with E-state index in [4.69, 9.17) is 10.5 Å². The molecule has 0 radical (unpaired) electrons. The van der Waals surface area contributed by atoms with E-state index >= 15 is 0 Å². The molecule has 0 aliphatic heterocycles. The molecule has 118 valence electrons. The molecule has 0 saturated heterocycles. The number of carbonyl (C=O) groups excluding carboxylic acids is 1. The van der Waals surface area contributed by atoms with Crippen LogP contribution in [0.2, 0.25) is 0 Å². The van der Waals surface area contributed by atoms with Crippen LogP contribution in [-0.4, -0.2) is 17.1 Å². The molecule has 0 amide bonds. The number of halogens is 2. The molecule has 2 aromatic carbocycles. The Labute approximate surface area is 140 Å². The van der Waals surface area contributed by atoms with Crippen molar-refractivity contribution < 1.29 is 13.9 Å². The van der Waals surface area contributed by atoms with Gasteiger partial charge < -0.3 is 15.0 Å². The van der Waals surface area contributed by atoms with Crippen molar-refractivity contribution in [2.45, 2.75) is 6.92 Å². The SMILES string of the molecule is CCOC(=O)c1cc(F)c(-n2ccc3cc(N)ccc32)cc1Br. The average Bonchev–Trinajstić information content (AvgIpc) is 2.92. The molecule has 0 bridgehead atoms. The van der Waals surface area contributed by atoms with Gasteiger partial charge in [-0.1, -0.05) is 0 Å². The molecule has 2 N–H and O–H groups in total. The molecule has 0 atom stereocenters. The first-order valence-corrected chi connectivity index (χ1v) is 7.83. The highest BCUT2D eigenvalue weighted by Crippen LogP contribution is 2.28. The van der Waals surface area contributed by atoms with Gasteiger partial charge in [-0.3, -0.25) is 0 Å².